The molecule has 122 valence electrons. The van der Waals surface area contributed by atoms with Gasteiger partial charge >= 0.3 is 0 Å². The minimum atomic E-state index is -0.583. The first-order chi connectivity index (χ1) is 10.8. The summed E-state index contributed by atoms with van der Waals surface area (Å²) in [7, 11) is 0. The standard InChI is InChI=1S/C16H18ClN3O3/c1-9(2)20(8-13(18)21)16(22)14-10(3)23-19-15(14)11-6-4-5-7-12(11)17/h4-7,9H,8H2,1-3H3,(H2,18,21). The molecular formula is C16H18ClN3O3. The fourth-order valence-corrected chi connectivity index (χ4v) is 2.49. The fraction of sp³-hybridized carbons (Fsp3) is 0.312. The lowest BCUT2D eigenvalue weighted by Crippen LogP contribution is -2.43. The monoisotopic (exact) mass is 335 g/mol. The number of benzene rings is 1. The van der Waals surface area contributed by atoms with E-state index in [4.69, 9.17) is 21.9 Å². The smallest absolute Gasteiger partial charge is 0.260 e. The number of hydrogen-bond donors (Lipinski definition) is 1. The molecule has 0 saturated carbocycles. The Morgan fingerprint density at radius 2 is 2.00 bits per heavy atom. The van der Waals surface area contributed by atoms with E-state index < -0.39 is 5.91 Å². The highest BCUT2D eigenvalue weighted by Crippen LogP contribution is 2.31. The SMILES string of the molecule is Cc1onc(-c2ccccc2Cl)c1C(=O)N(CC(N)=O)C(C)C. The molecule has 0 aliphatic rings. The molecule has 0 radical (unpaired) electrons. The molecule has 0 fully saturated rings. The molecule has 0 bridgehead atoms. The van der Waals surface area contributed by atoms with Crippen LogP contribution in [0.3, 0.4) is 0 Å². The molecule has 1 aromatic heterocycles. The van der Waals surface area contributed by atoms with Crippen molar-refractivity contribution >= 4 is 23.4 Å². The first-order valence-electron chi connectivity index (χ1n) is 7.13. The third-order valence-electron chi connectivity index (χ3n) is 3.42. The van der Waals surface area contributed by atoms with E-state index in [1.165, 1.54) is 4.90 Å². The predicted molar refractivity (Wildman–Crippen MR) is 87.1 cm³/mol. The van der Waals surface area contributed by atoms with Gasteiger partial charge in [0, 0.05) is 11.6 Å². The zero-order valence-electron chi connectivity index (χ0n) is 13.2. The molecule has 6 nitrogen and oxygen atoms in total. The van der Waals surface area contributed by atoms with Gasteiger partial charge in [0.15, 0.2) is 0 Å². The molecule has 7 heteroatoms. The summed E-state index contributed by atoms with van der Waals surface area (Å²) in [5.74, 6) is -0.590. The maximum Gasteiger partial charge on any atom is 0.260 e. The highest BCUT2D eigenvalue weighted by molar-refractivity contribution is 6.33. The van der Waals surface area contributed by atoms with Crippen LogP contribution in [0.4, 0.5) is 0 Å². The molecular weight excluding hydrogens is 318 g/mol. The summed E-state index contributed by atoms with van der Waals surface area (Å²) < 4.78 is 5.19. The largest absolute Gasteiger partial charge is 0.368 e. The zero-order valence-corrected chi connectivity index (χ0v) is 13.9. The van der Waals surface area contributed by atoms with Gasteiger partial charge in [0.2, 0.25) is 5.91 Å². The van der Waals surface area contributed by atoms with Gasteiger partial charge < -0.3 is 15.2 Å². The summed E-state index contributed by atoms with van der Waals surface area (Å²) in [6.45, 7) is 5.07. The minimum Gasteiger partial charge on any atom is -0.368 e. The highest BCUT2D eigenvalue weighted by Gasteiger charge is 2.29. The van der Waals surface area contributed by atoms with Crippen LogP contribution in [0.2, 0.25) is 5.02 Å². The molecule has 0 unspecified atom stereocenters. The molecule has 0 aliphatic carbocycles. The van der Waals surface area contributed by atoms with Crippen molar-refractivity contribution in [3.8, 4) is 11.3 Å². The topological polar surface area (TPSA) is 89.4 Å². The lowest BCUT2D eigenvalue weighted by atomic mass is 10.0. The number of rotatable bonds is 5. The van der Waals surface area contributed by atoms with Crippen molar-refractivity contribution in [2.75, 3.05) is 6.54 Å². The number of aromatic nitrogens is 1. The van der Waals surface area contributed by atoms with Gasteiger partial charge in [-0.3, -0.25) is 9.59 Å². The Kier molecular flexibility index (Phi) is 5.05. The van der Waals surface area contributed by atoms with Crippen molar-refractivity contribution in [3.05, 3.63) is 40.6 Å². The predicted octanol–water partition coefficient (Wildman–Crippen LogP) is 2.64. The van der Waals surface area contributed by atoms with Gasteiger partial charge in [-0.25, -0.2) is 0 Å². The van der Waals surface area contributed by atoms with E-state index in [9.17, 15) is 9.59 Å². The molecule has 0 atom stereocenters. The van der Waals surface area contributed by atoms with Gasteiger partial charge in [0.1, 0.15) is 17.0 Å². The van der Waals surface area contributed by atoms with Crippen molar-refractivity contribution in [2.45, 2.75) is 26.8 Å². The van der Waals surface area contributed by atoms with Crippen LogP contribution in [0.15, 0.2) is 28.8 Å². The molecule has 1 aromatic carbocycles. The van der Waals surface area contributed by atoms with E-state index in [1.807, 2.05) is 0 Å². The first-order valence-corrected chi connectivity index (χ1v) is 7.51. The fourth-order valence-electron chi connectivity index (χ4n) is 2.26. The van der Waals surface area contributed by atoms with E-state index in [-0.39, 0.29) is 24.1 Å². The number of nitrogens with two attached hydrogens (primary N) is 1. The summed E-state index contributed by atoms with van der Waals surface area (Å²) >= 11 is 6.19. The van der Waals surface area contributed by atoms with Gasteiger partial charge in [-0.1, -0.05) is 35.0 Å². The maximum atomic E-state index is 12.9. The van der Waals surface area contributed by atoms with E-state index >= 15 is 0 Å². The van der Waals surface area contributed by atoms with Crippen molar-refractivity contribution in [1.82, 2.24) is 10.1 Å². The molecule has 2 amide bonds. The van der Waals surface area contributed by atoms with E-state index in [2.05, 4.69) is 5.16 Å². The summed E-state index contributed by atoms with van der Waals surface area (Å²) in [5.41, 5.74) is 6.48. The van der Waals surface area contributed by atoms with Crippen LogP contribution in [0.25, 0.3) is 11.3 Å². The van der Waals surface area contributed by atoms with Crippen LogP contribution in [-0.2, 0) is 4.79 Å². The van der Waals surface area contributed by atoms with Gasteiger partial charge in [-0.15, -0.1) is 0 Å². The van der Waals surface area contributed by atoms with Gasteiger partial charge in [0.25, 0.3) is 5.91 Å². The van der Waals surface area contributed by atoms with Crippen molar-refractivity contribution in [1.29, 1.82) is 0 Å². The van der Waals surface area contributed by atoms with Crippen LogP contribution >= 0.6 is 11.6 Å². The third kappa shape index (κ3) is 3.53. The Balaban J connectivity index is 2.51. The van der Waals surface area contributed by atoms with Crippen LogP contribution < -0.4 is 5.73 Å². The summed E-state index contributed by atoms with van der Waals surface area (Å²) in [4.78, 5) is 25.5. The van der Waals surface area contributed by atoms with Crippen LogP contribution in [0, 0.1) is 6.92 Å². The number of primary amides is 1. The molecule has 23 heavy (non-hydrogen) atoms. The quantitative estimate of drug-likeness (QED) is 0.909. The second kappa shape index (κ2) is 6.83. The Morgan fingerprint density at radius 3 is 2.57 bits per heavy atom. The summed E-state index contributed by atoms with van der Waals surface area (Å²) in [5, 5.41) is 4.42. The van der Waals surface area contributed by atoms with Crippen molar-refractivity contribution in [3.63, 3.8) is 0 Å². The van der Waals surface area contributed by atoms with Crippen LogP contribution in [0.1, 0.15) is 30.0 Å². The average Bonchev–Trinajstić information content (AvgIpc) is 2.85. The number of amides is 2. The van der Waals surface area contributed by atoms with Gasteiger partial charge in [0.05, 0.1) is 11.6 Å². The molecule has 1 heterocycles. The Labute approximate surface area is 139 Å². The maximum absolute atomic E-state index is 12.9. The summed E-state index contributed by atoms with van der Waals surface area (Å²) in [6, 6.07) is 6.84. The van der Waals surface area contributed by atoms with Gasteiger partial charge in [-0.05, 0) is 26.8 Å². The Morgan fingerprint density at radius 1 is 1.35 bits per heavy atom. The third-order valence-corrected chi connectivity index (χ3v) is 3.75. The molecule has 0 spiro atoms. The Hall–Kier alpha value is -2.34. The zero-order chi connectivity index (χ0) is 17.1. The highest BCUT2D eigenvalue weighted by atomic mass is 35.5. The van der Waals surface area contributed by atoms with E-state index in [0.717, 1.165) is 0 Å². The molecule has 2 N–H and O–H groups in total. The number of aryl methyl sites for hydroxylation is 1. The number of halogens is 1. The normalized spacial score (nSPS) is 10.8. The summed E-state index contributed by atoms with van der Waals surface area (Å²) in [6.07, 6.45) is 0. The van der Waals surface area contributed by atoms with Crippen molar-refractivity contribution in [2.24, 2.45) is 5.73 Å². The van der Waals surface area contributed by atoms with Gasteiger partial charge in [-0.2, -0.15) is 0 Å². The van der Waals surface area contributed by atoms with Crippen LogP contribution in [0.5, 0.6) is 0 Å². The molecule has 2 aromatic rings. The van der Waals surface area contributed by atoms with E-state index in [0.29, 0.717) is 22.0 Å². The van der Waals surface area contributed by atoms with E-state index in [1.54, 1.807) is 45.0 Å². The van der Waals surface area contributed by atoms with Crippen LogP contribution in [-0.4, -0.2) is 34.5 Å². The first kappa shape index (κ1) is 17.0. The molecule has 2 rings (SSSR count). The number of nitrogens with zero attached hydrogens (tertiary/aromatic N) is 2. The average molecular weight is 336 g/mol. The second-order valence-electron chi connectivity index (χ2n) is 5.44. The number of hydrogen-bond acceptors (Lipinski definition) is 4. The Bertz CT molecular complexity index is 740. The lowest BCUT2D eigenvalue weighted by Gasteiger charge is -2.25. The number of carbonyl (C=O) groups excluding carboxylic acids is 2. The molecule has 0 aliphatic heterocycles. The second-order valence-corrected chi connectivity index (χ2v) is 5.84. The lowest BCUT2D eigenvalue weighted by molar-refractivity contribution is -0.119. The molecule has 0 saturated heterocycles. The minimum absolute atomic E-state index is 0.177. The number of carbonyl (C=O) groups is 2. The van der Waals surface area contributed by atoms with Crippen molar-refractivity contribution < 1.29 is 14.1 Å².